The lowest BCUT2D eigenvalue weighted by atomic mass is 9.96. The number of fused-ring (bicyclic) bond motifs is 1. The fourth-order valence-electron chi connectivity index (χ4n) is 2.29. The fraction of sp³-hybridized carbons (Fsp3) is 0. The molecule has 0 aliphatic heterocycles. The van der Waals surface area contributed by atoms with E-state index in [1.807, 2.05) is 54.6 Å². The van der Waals surface area contributed by atoms with Crippen molar-refractivity contribution in [3.05, 3.63) is 71.2 Å². The van der Waals surface area contributed by atoms with Gasteiger partial charge in [0, 0.05) is 10.4 Å². The number of hydrogen-bond donors (Lipinski definition) is 0. The molecule has 0 aliphatic rings. The fourth-order valence-corrected chi connectivity index (χ4v) is 2.41. The van der Waals surface area contributed by atoms with E-state index in [1.54, 1.807) is 0 Å². The topological polar surface area (TPSA) is 23.8 Å². The van der Waals surface area contributed by atoms with Crippen LogP contribution in [0.3, 0.4) is 0 Å². The van der Waals surface area contributed by atoms with Gasteiger partial charge >= 0.3 is 0 Å². The first-order valence-electron chi connectivity index (χ1n) is 5.97. The summed E-state index contributed by atoms with van der Waals surface area (Å²) in [6.45, 7) is 0. The highest BCUT2D eigenvalue weighted by atomic mass is 35.5. The molecule has 0 N–H and O–H groups in total. The molecule has 0 spiro atoms. The van der Waals surface area contributed by atoms with E-state index in [2.05, 4.69) is 12.1 Å². The molecule has 2 heteroatoms. The summed E-state index contributed by atoms with van der Waals surface area (Å²) in [5.74, 6) is 0. The third-order valence-electron chi connectivity index (χ3n) is 3.20. The Balaban J connectivity index is 2.31. The van der Waals surface area contributed by atoms with Gasteiger partial charge in [0.2, 0.25) is 0 Å². The second-order valence-electron chi connectivity index (χ2n) is 4.32. The van der Waals surface area contributed by atoms with Crippen molar-refractivity contribution in [2.75, 3.05) is 0 Å². The number of rotatable bonds is 1. The van der Waals surface area contributed by atoms with Crippen molar-refractivity contribution in [2.24, 2.45) is 0 Å². The highest BCUT2D eigenvalue weighted by Gasteiger charge is 2.06. The summed E-state index contributed by atoms with van der Waals surface area (Å²) >= 11 is 5.92. The maximum Gasteiger partial charge on any atom is 0.0998 e. The predicted octanol–water partition coefficient (Wildman–Crippen LogP) is 5.03. The Morgan fingerprint density at radius 2 is 1.47 bits per heavy atom. The van der Waals surface area contributed by atoms with E-state index in [1.165, 1.54) is 0 Å². The lowest BCUT2D eigenvalue weighted by molar-refractivity contribution is 1.50. The SMILES string of the molecule is N#Cc1cccc2c(-c3ccc(Cl)cc3)cccc12. The molecule has 0 radical (unpaired) electrons. The number of benzene rings is 3. The van der Waals surface area contributed by atoms with Crippen molar-refractivity contribution in [3.63, 3.8) is 0 Å². The molecule has 0 amide bonds. The summed E-state index contributed by atoms with van der Waals surface area (Å²) in [7, 11) is 0. The molecular formula is C17H10ClN. The van der Waals surface area contributed by atoms with Crippen molar-refractivity contribution in [1.29, 1.82) is 5.26 Å². The minimum absolute atomic E-state index is 0.702. The molecule has 0 aliphatic carbocycles. The number of nitrogens with zero attached hydrogens (tertiary/aromatic N) is 1. The third-order valence-corrected chi connectivity index (χ3v) is 3.45. The molecule has 3 aromatic carbocycles. The Hall–Kier alpha value is -2.30. The Morgan fingerprint density at radius 1 is 0.789 bits per heavy atom. The second kappa shape index (κ2) is 4.76. The van der Waals surface area contributed by atoms with E-state index < -0.39 is 0 Å². The molecule has 0 unspecified atom stereocenters. The summed E-state index contributed by atoms with van der Waals surface area (Å²) in [4.78, 5) is 0. The molecule has 3 rings (SSSR count). The van der Waals surface area contributed by atoms with E-state index in [9.17, 15) is 0 Å². The Bertz CT molecular complexity index is 782. The average Bonchev–Trinajstić information content (AvgIpc) is 2.47. The Labute approximate surface area is 116 Å². The largest absolute Gasteiger partial charge is 0.192 e. The highest BCUT2D eigenvalue weighted by Crippen LogP contribution is 2.30. The van der Waals surface area contributed by atoms with Crippen molar-refractivity contribution in [3.8, 4) is 17.2 Å². The monoisotopic (exact) mass is 263 g/mol. The minimum atomic E-state index is 0.702. The van der Waals surface area contributed by atoms with Crippen molar-refractivity contribution < 1.29 is 0 Å². The lowest BCUT2D eigenvalue weighted by Crippen LogP contribution is -1.84. The Kier molecular flexibility index (Phi) is 2.95. The summed E-state index contributed by atoms with van der Waals surface area (Å²) in [6.07, 6.45) is 0. The van der Waals surface area contributed by atoms with Crippen LogP contribution < -0.4 is 0 Å². The lowest BCUT2D eigenvalue weighted by Gasteiger charge is -2.08. The Morgan fingerprint density at radius 3 is 2.21 bits per heavy atom. The molecule has 0 saturated carbocycles. The first-order valence-corrected chi connectivity index (χ1v) is 6.35. The molecule has 3 aromatic rings. The van der Waals surface area contributed by atoms with E-state index >= 15 is 0 Å². The summed E-state index contributed by atoms with van der Waals surface area (Å²) < 4.78 is 0. The van der Waals surface area contributed by atoms with Crippen molar-refractivity contribution in [2.45, 2.75) is 0 Å². The van der Waals surface area contributed by atoms with Gasteiger partial charge in [-0.15, -0.1) is 0 Å². The first kappa shape index (κ1) is 11.8. The predicted molar refractivity (Wildman–Crippen MR) is 79.1 cm³/mol. The van der Waals surface area contributed by atoms with Crippen LogP contribution in [0, 0.1) is 11.3 Å². The van der Waals surface area contributed by atoms with Gasteiger partial charge in [0.15, 0.2) is 0 Å². The average molecular weight is 264 g/mol. The van der Waals surface area contributed by atoms with Crippen LogP contribution in [0.2, 0.25) is 5.02 Å². The van der Waals surface area contributed by atoms with E-state index in [0.717, 1.165) is 26.9 Å². The van der Waals surface area contributed by atoms with Gasteiger partial charge in [-0.2, -0.15) is 5.26 Å². The van der Waals surface area contributed by atoms with E-state index in [-0.39, 0.29) is 0 Å². The molecule has 0 saturated heterocycles. The molecule has 0 aromatic heterocycles. The smallest absolute Gasteiger partial charge is 0.0998 e. The number of halogens is 1. The summed E-state index contributed by atoms with van der Waals surface area (Å²) in [5.41, 5.74) is 2.92. The van der Waals surface area contributed by atoms with Crippen LogP contribution in [-0.2, 0) is 0 Å². The molecule has 19 heavy (non-hydrogen) atoms. The molecular weight excluding hydrogens is 254 g/mol. The van der Waals surface area contributed by atoms with Crippen LogP contribution in [0.1, 0.15) is 5.56 Å². The molecule has 0 atom stereocenters. The molecule has 1 nitrogen and oxygen atoms in total. The van der Waals surface area contributed by atoms with Gasteiger partial charge in [-0.3, -0.25) is 0 Å². The normalized spacial score (nSPS) is 10.3. The third kappa shape index (κ3) is 2.07. The van der Waals surface area contributed by atoms with Gasteiger partial charge in [-0.05, 0) is 34.7 Å². The highest BCUT2D eigenvalue weighted by molar-refractivity contribution is 6.30. The first-order chi connectivity index (χ1) is 9.29. The van der Waals surface area contributed by atoms with Gasteiger partial charge in [-0.25, -0.2) is 0 Å². The molecule has 0 heterocycles. The van der Waals surface area contributed by atoms with Crippen molar-refractivity contribution >= 4 is 22.4 Å². The quantitative estimate of drug-likeness (QED) is 0.604. The second-order valence-corrected chi connectivity index (χ2v) is 4.76. The van der Waals surface area contributed by atoms with Crippen molar-refractivity contribution in [1.82, 2.24) is 0 Å². The van der Waals surface area contributed by atoms with Gasteiger partial charge in [0.25, 0.3) is 0 Å². The minimum Gasteiger partial charge on any atom is -0.192 e. The zero-order valence-electron chi connectivity index (χ0n) is 10.1. The van der Waals surface area contributed by atoms with Gasteiger partial charge in [0.05, 0.1) is 11.6 Å². The van der Waals surface area contributed by atoms with E-state index in [4.69, 9.17) is 16.9 Å². The zero-order chi connectivity index (χ0) is 13.2. The van der Waals surface area contributed by atoms with Crippen LogP contribution in [0.25, 0.3) is 21.9 Å². The van der Waals surface area contributed by atoms with E-state index in [0.29, 0.717) is 5.56 Å². The number of hydrogen-bond acceptors (Lipinski definition) is 1. The number of nitriles is 1. The zero-order valence-corrected chi connectivity index (χ0v) is 10.9. The van der Waals surface area contributed by atoms with Gasteiger partial charge < -0.3 is 0 Å². The van der Waals surface area contributed by atoms with Crippen LogP contribution in [0.15, 0.2) is 60.7 Å². The van der Waals surface area contributed by atoms with Crippen LogP contribution >= 0.6 is 11.6 Å². The maximum atomic E-state index is 9.17. The molecule has 0 fully saturated rings. The maximum absolute atomic E-state index is 9.17. The summed E-state index contributed by atoms with van der Waals surface area (Å²) in [6, 6.07) is 21.8. The van der Waals surface area contributed by atoms with Crippen LogP contribution in [-0.4, -0.2) is 0 Å². The van der Waals surface area contributed by atoms with Gasteiger partial charge in [-0.1, -0.05) is 54.1 Å². The standard InChI is InChI=1S/C17H10ClN/c18-14-9-7-12(8-10-14)15-4-2-5-16-13(11-19)3-1-6-17(15)16/h1-10H. The summed E-state index contributed by atoms with van der Waals surface area (Å²) in [5, 5.41) is 12.0. The van der Waals surface area contributed by atoms with Crippen LogP contribution in [0.4, 0.5) is 0 Å². The molecule has 90 valence electrons. The van der Waals surface area contributed by atoms with Crippen LogP contribution in [0.5, 0.6) is 0 Å². The molecule has 0 bridgehead atoms. The van der Waals surface area contributed by atoms with Gasteiger partial charge in [0.1, 0.15) is 0 Å².